The van der Waals surface area contributed by atoms with Gasteiger partial charge in [0.15, 0.2) is 0 Å². The molecule has 0 unspecified atom stereocenters. The molecule has 2 aromatic rings. The third-order valence-electron chi connectivity index (χ3n) is 5.18. The topological polar surface area (TPSA) is 50.5 Å². The molecule has 0 radical (unpaired) electrons. The van der Waals surface area contributed by atoms with E-state index >= 15 is 0 Å². The lowest BCUT2D eigenvalue weighted by Gasteiger charge is -2.34. The van der Waals surface area contributed by atoms with Crippen LogP contribution in [0.2, 0.25) is 0 Å². The highest BCUT2D eigenvalue weighted by atomic mass is 19.1. The van der Waals surface area contributed by atoms with Crippen molar-refractivity contribution in [3.05, 3.63) is 74.3 Å². The number of hydrogen-bond donors (Lipinski definition) is 0. The Morgan fingerprint density at radius 3 is 2.46 bits per heavy atom. The first-order valence-electron chi connectivity index (χ1n) is 9.47. The van der Waals surface area contributed by atoms with Crippen LogP contribution in [0.1, 0.15) is 23.2 Å². The van der Waals surface area contributed by atoms with E-state index in [9.17, 15) is 14.0 Å². The highest BCUT2D eigenvalue weighted by Gasteiger charge is 2.25. The molecule has 28 heavy (non-hydrogen) atoms. The minimum absolute atomic E-state index is 0.250. The molecule has 150 valence electrons. The first kappa shape index (κ1) is 20.1. The van der Waals surface area contributed by atoms with Gasteiger partial charge in [-0.3, -0.25) is 13.9 Å². The van der Waals surface area contributed by atoms with Crippen LogP contribution in [0.15, 0.2) is 40.4 Å². The molecule has 0 atom stereocenters. The van der Waals surface area contributed by atoms with Gasteiger partial charge in [0.2, 0.25) is 0 Å². The van der Waals surface area contributed by atoms with Gasteiger partial charge in [-0.15, -0.1) is 0 Å². The fourth-order valence-electron chi connectivity index (χ4n) is 3.65. The molecule has 0 N–H and O–H groups in total. The maximum Gasteiger partial charge on any atom is 0.331 e. The lowest BCUT2D eigenvalue weighted by molar-refractivity contribution is 0.328. The van der Waals surface area contributed by atoms with Crippen molar-refractivity contribution in [1.29, 1.82) is 0 Å². The molecule has 1 aromatic carbocycles. The van der Waals surface area contributed by atoms with Gasteiger partial charge in [0.1, 0.15) is 5.82 Å². The van der Waals surface area contributed by atoms with Crippen LogP contribution in [0.25, 0.3) is 5.70 Å². The van der Waals surface area contributed by atoms with Crippen molar-refractivity contribution in [2.24, 2.45) is 0 Å². The van der Waals surface area contributed by atoms with Crippen LogP contribution in [0.4, 0.5) is 4.39 Å². The Morgan fingerprint density at radius 1 is 1.14 bits per heavy atom. The third kappa shape index (κ3) is 3.94. The summed E-state index contributed by atoms with van der Waals surface area (Å²) in [5, 5.41) is 0. The lowest BCUT2D eigenvalue weighted by atomic mass is 10.1. The highest BCUT2D eigenvalue weighted by molar-refractivity contribution is 5.62. The Bertz CT molecular complexity index is 989. The largest absolute Gasteiger partial charge is 0.364 e. The predicted molar refractivity (Wildman–Crippen MR) is 109 cm³/mol. The molecule has 2 heterocycles. The minimum Gasteiger partial charge on any atom is -0.364 e. The molecule has 0 fully saturated rings. The van der Waals surface area contributed by atoms with Crippen LogP contribution in [0, 0.1) is 12.7 Å². The molecule has 0 aliphatic carbocycles. The SMILES string of the molecule is C=C1c2c(C)c(=O)n(CCCN(C)C)c(=O)n2CCN1Cc1ccc(F)cc1. The number of benzene rings is 1. The van der Waals surface area contributed by atoms with Crippen molar-refractivity contribution in [2.45, 2.75) is 33.0 Å². The zero-order valence-electron chi connectivity index (χ0n) is 16.7. The van der Waals surface area contributed by atoms with E-state index in [1.54, 1.807) is 23.6 Å². The minimum atomic E-state index is -0.274. The Morgan fingerprint density at radius 2 is 1.82 bits per heavy atom. The number of rotatable bonds is 6. The Kier molecular flexibility index (Phi) is 5.84. The van der Waals surface area contributed by atoms with E-state index in [1.807, 2.05) is 23.9 Å². The van der Waals surface area contributed by atoms with E-state index < -0.39 is 0 Å². The molecule has 0 saturated heterocycles. The highest BCUT2D eigenvalue weighted by Crippen LogP contribution is 2.24. The molecule has 1 aliphatic heterocycles. The summed E-state index contributed by atoms with van der Waals surface area (Å²) in [4.78, 5) is 29.8. The zero-order valence-corrected chi connectivity index (χ0v) is 16.7. The fourth-order valence-corrected chi connectivity index (χ4v) is 3.65. The molecule has 0 amide bonds. The second-order valence-electron chi connectivity index (χ2n) is 7.52. The normalized spacial score (nSPS) is 13.9. The van der Waals surface area contributed by atoms with Gasteiger partial charge >= 0.3 is 5.69 Å². The summed E-state index contributed by atoms with van der Waals surface area (Å²) >= 11 is 0. The summed E-state index contributed by atoms with van der Waals surface area (Å²) in [6.07, 6.45) is 0.735. The second-order valence-corrected chi connectivity index (χ2v) is 7.52. The average molecular weight is 386 g/mol. The maximum atomic E-state index is 13.1. The zero-order chi connectivity index (χ0) is 20.4. The van der Waals surface area contributed by atoms with Crippen molar-refractivity contribution < 1.29 is 4.39 Å². The van der Waals surface area contributed by atoms with Crippen molar-refractivity contribution in [1.82, 2.24) is 18.9 Å². The molecule has 7 heteroatoms. The number of aromatic nitrogens is 2. The average Bonchev–Trinajstić information content (AvgIpc) is 2.65. The summed E-state index contributed by atoms with van der Waals surface area (Å²) < 4.78 is 16.1. The van der Waals surface area contributed by atoms with Gasteiger partial charge in [-0.25, -0.2) is 9.18 Å². The molecule has 0 bridgehead atoms. The fraction of sp³-hybridized carbons (Fsp3) is 0.429. The number of fused-ring (bicyclic) bond motifs is 1. The van der Waals surface area contributed by atoms with Gasteiger partial charge in [0.05, 0.1) is 11.4 Å². The summed E-state index contributed by atoms with van der Waals surface area (Å²) in [5.41, 5.74) is 2.23. The first-order valence-corrected chi connectivity index (χ1v) is 9.47. The van der Waals surface area contributed by atoms with Gasteiger partial charge in [0.25, 0.3) is 5.56 Å². The van der Waals surface area contributed by atoms with Crippen LogP contribution in [-0.4, -0.2) is 46.1 Å². The molecule has 1 aliphatic rings. The summed E-state index contributed by atoms with van der Waals surface area (Å²) in [6.45, 7) is 8.77. The van der Waals surface area contributed by atoms with E-state index in [1.165, 1.54) is 16.7 Å². The van der Waals surface area contributed by atoms with Gasteiger partial charge in [-0.2, -0.15) is 0 Å². The lowest BCUT2D eigenvalue weighted by Crippen LogP contribution is -2.47. The van der Waals surface area contributed by atoms with Gasteiger partial charge in [0, 0.05) is 31.7 Å². The summed E-state index contributed by atoms with van der Waals surface area (Å²) in [6, 6.07) is 6.33. The van der Waals surface area contributed by atoms with Crippen LogP contribution < -0.4 is 11.2 Å². The van der Waals surface area contributed by atoms with Crippen molar-refractivity contribution in [3.63, 3.8) is 0 Å². The predicted octanol–water partition coefficient (Wildman–Crippen LogP) is 1.90. The number of hydrogen-bond acceptors (Lipinski definition) is 4. The Hall–Kier alpha value is -2.67. The van der Waals surface area contributed by atoms with E-state index in [-0.39, 0.29) is 17.1 Å². The molecule has 0 saturated carbocycles. The van der Waals surface area contributed by atoms with Crippen LogP contribution >= 0.6 is 0 Å². The molecule has 0 spiro atoms. The van der Waals surface area contributed by atoms with Gasteiger partial charge in [-0.05, 0) is 51.7 Å². The van der Waals surface area contributed by atoms with E-state index in [0.29, 0.717) is 43.1 Å². The monoisotopic (exact) mass is 386 g/mol. The molecular weight excluding hydrogens is 359 g/mol. The van der Waals surface area contributed by atoms with E-state index in [4.69, 9.17) is 0 Å². The third-order valence-corrected chi connectivity index (χ3v) is 5.18. The first-order chi connectivity index (χ1) is 13.3. The van der Waals surface area contributed by atoms with Crippen molar-refractivity contribution in [2.75, 3.05) is 27.2 Å². The summed E-state index contributed by atoms with van der Waals surface area (Å²) in [7, 11) is 3.93. The van der Waals surface area contributed by atoms with Gasteiger partial charge < -0.3 is 9.80 Å². The van der Waals surface area contributed by atoms with Crippen LogP contribution in [-0.2, 0) is 19.6 Å². The Balaban J connectivity index is 1.90. The second kappa shape index (κ2) is 8.14. The van der Waals surface area contributed by atoms with E-state index in [2.05, 4.69) is 6.58 Å². The number of nitrogens with zero attached hydrogens (tertiary/aromatic N) is 4. The van der Waals surface area contributed by atoms with E-state index in [0.717, 1.165) is 18.5 Å². The molecule has 3 rings (SSSR count). The molecule has 6 nitrogen and oxygen atoms in total. The van der Waals surface area contributed by atoms with Crippen molar-refractivity contribution in [3.8, 4) is 0 Å². The maximum absolute atomic E-state index is 13.1. The van der Waals surface area contributed by atoms with Crippen LogP contribution in [0.3, 0.4) is 0 Å². The quantitative estimate of drug-likeness (QED) is 0.761. The number of halogens is 1. The molecular formula is C21H27FN4O2. The Labute approximate surface area is 164 Å². The standard InChI is InChI=1S/C21H27FN4O2/c1-15-19-16(2)24(14-17-6-8-18(22)9-7-17)12-13-25(19)21(28)26(20(15)27)11-5-10-23(3)4/h6-9H,2,5,10-14H2,1,3-4H3. The summed E-state index contributed by atoms with van der Waals surface area (Å²) in [5.74, 6) is -0.274. The van der Waals surface area contributed by atoms with Crippen molar-refractivity contribution >= 4 is 5.70 Å². The molecule has 1 aromatic heterocycles. The smallest absolute Gasteiger partial charge is 0.331 e. The van der Waals surface area contributed by atoms with Crippen LogP contribution in [0.5, 0.6) is 0 Å². The van der Waals surface area contributed by atoms with Gasteiger partial charge in [-0.1, -0.05) is 18.7 Å².